The lowest BCUT2D eigenvalue weighted by molar-refractivity contribution is -0.115. The van der Waals surface area contributed by atoms with E-state index >= 15 is 0 Å². The Morgan fingerprint density at radius 3 is 2.86 bits per heavy atom. The summed E-state index contributed by atoms with van der Waals surface area (Å²) in [5, 5.41) is 2.70. The molecule has 0 saturated carbocycles. The molecule has 21 heavy (non-hydrogen) atoms. The summed E-state index contributed by atoms with van der Waals surface area (Å²) < 4.78 is 5.15. The fourth-order valence-electron chi connectivity index (χ4n) is 2.47. The maximum atomic E-state index is 12.2. The van der Waals surface area contributed by atoms with Gasteiger partial charge in [0.05, 0.1) is 12.2 Å². The number of halogens is 1. The molecule has 116 valence electrons. The minimum Gasteiger partial charge on any atom is -0.462 e. The van der Waals surface area contributed by atoms with E-state index in [4.69, 9.17) is 16.3 Å². The molecule has 4 nitrogen and oxygen atoms in total. The fourth-order valence-corrected chi connectivity index (χ4v) is 3.93. The Morgan fingerprint density at radius 1 is 1.52 bits per heavy atom. The van der Waals surface area contributed by atoms with E-state index in [0.717, 1.165) is 24.8 Å². The molecule has 6 heteroatoms. The van der Waals surface area contributed by atoms with Crippen LogP contribution in [0.1, 0.15) is 48.0 Å². The summed E-state index contributed by atoms with van der Waals surface area (Å²) in [5.41, 5.74) is 1.56. The van der Waals surface area contributed by atoms with Crippen molar-refractivity contribution in [3.05, 3.63) is 16.0 Å². The summed E-state index contributed by atoms with van der Waals surface area (Å²) in [5.74, 6) is -0.0577. The van der Waals surface area contributed by atoms with Gasteiger partial charge in [-0.25, -0.2) is 4.79 Å². The number of alkyl halides is 1. The van der Waals surface area contributed by atoms with Crippen LogP contribution >= 0.6 is 22.9 Å². The zero-order valence-corrected chi connectivity index (χ0v) is 14.1. The average Bonchev–Trinajstić information content (AvgIpc) is 2.75. The summed E-state index contributed by atoms with van der Waals surface area (Å²) >= 11 is 7.27. The third-order valence-electron chi connectivity index (χ3n) is 3.59. The topological polar surface area (TPSA) is 55.4 Å². The predicted octanol–water partition coefficient (Wildman–Crippen LogP) is 3.62. The zero-order chi connectivity index (χ0) is 15.6. The molecular weight excluding hydrogens is 310 g/mol. The first-order chi connectivity index (χ1) is 9.93. The summed E-state index contributed by atoms with van der Waals surface area (Å²) in [6.07, 6.45) is 2.85. The van der Waals surface area contributed by atoms with Crippen molar-refractivity contribution in [3.63, 3.8) is 0 Å². The van der Waals surface area contributed by atoms with Crippen LogP contribution < -0.4 is 5.32 Å². The average molecular weight is 330 g/mol. The van der Waals surface area contributed by atoms with Crippen LogP contribution in [0, 0.1) is 5.92 Å². The highest BCUT2D eigenvalue weighted by atomic mass is 35.5. The summed E-state index contributed by atoms with van der Waals surface area (Å²) in [6.45, 7) is 5.90. The SMILES string of the molecule is CCOC(=O)c1c(NC(=O)[C@@H](C)Cl)sc2c1CC[C@H](C)C2. The second-order valence-corrected chi connectivity index (χ2v) is 7.14. The van der Waals surface area contributed by atoms with Gasteiger partial charge in [-0.1, -0.05) is 6.92 Å². The van der Waals surface area contributed by atoms with Crippen molar-refractivity contribution in [2.24, 2.45) is 5.92 Å². The Hall–Kier alpha value is -1.07. The van der Waals surface area contributed by atoms with Crippen molar-refractivity contribution in [1.82, 2.24) is 0 Å². The van der Waals surface area contributed by atoms with Crippen molar-refractivity contribution in [3.8, 4) is 0 Å². The normalized spacial score (nSPS) is 18.8. The van der Waals surface area contributed by atoms with Crippen molar-refractivity contribution in [2.75, 3.05) is 11.9 Å². The molecule has 0 aromatic carbocycles. The number of hydrogen-bond donors (Lipinski definition) is 1. The minimum atomic E-state index is -0.641. The van der Waals surface area contributed by atoms with E-state index in [1.165, 1.54) is 16.2 Å². The second-order valence-electron chi connectivity index (χ2n) is 5.38. The molecule has 0 radical (unpaired) electrons. The molecule has 1 amide bonds. The van der Waals surface area contributed by atoms with E-state index in [0.29, 0.717) is 23.1 Å². The second kappa shape index (κ2) is 6.79. The van der Waals surface area contributed by atoms with Crippen LogP contribution in [-0.2, 0) is 22.4 Å². The Balaban J connectivity index is 2.38. The van der Waals surface area contributed by atoms with E-state index in [1.54, 1.807) is 13.8 Å². The molecule has 2 rings (SSSR count). The van der Waals surface area contributed by atoms with Gasteiger partial charge in [-0.15, -0.1) is 22.9 Å². The van der Waals surface area contributed by atoms with Crippen LogP contribution in [0.3, 0.4) is 0 Å². The molecule has 1 aromatic rings. The highest BCUT2D eigenvalue weighted by molar-refractivity contribution is 7.17. The van der Waals surface area contributed by atoms with Gasteiger partial charge in [-0.05, 0) is 44.6 Å². The summed E-state index contributed by atoms with van der Waals surface area (Å²) in [7, 11) is 0. The van der Waals surface area contributed by atoms with E-state index in [1.807, 2.05) is 0 Å². The Bertz CT molecular complexity index is 553. The Labute approximate surface area is 133 Å². The molecule has 0 bridgehead atoms. The smallest absolute Gasteiger partial charge is 0.341 e. The zero-order valence-electron chi connectivity index (χ0n) is 12.5. The number of nitrogens with one attached hydrogen (secondary N) is 1. The van der Waals surface area contributed by atoms with Crippen molar-refractivity contribution in [2.45, 2.75) is 45.4 Å². The van der Waals surface area contributed by atoms with Crippen molar-refractivity contribution >= 4 is 39.8 Å². The number of thiophene rings is 1. The lowest BCUT2D eigenvalue weighted by atomic mass is 9.88. The standard InChI is InChI=1S/C15H20ClNO3S/c1-4-20-15(19)12-10-6-5-8(2)7-11(10)21-14(12)17-13(18)9(3)16/h8-9H,4-7H2,1-3H3,(H,17,18)/t8-,9+/m0/s1. The van der Waals surface area contributed by atoms with Crippen LogP contribution in [-0.4, -0.2) is 23.9 Å². The van der Waals surface area contributed by atoms with Gasteiger partial charge in [0.25, 0.3) is 0 Å². The van der Waals surface area contributed by atoms with Gasteiger partial charge in [-0.2, -0.15) is 0 Å². The van der Waals surface area contributed by atoms with Gasteiger partial charge >= 0.3 is 5.97 Å². The van der Waals surface area contributed by atoms with Crippen LogP contribution in [0.4, 0.5) is 5.00 Å². The number of anilines is 1. The van der Waals surface area contributed by atoms with Crippen LogP contribution in [0.25, 0.3) is 0 Å². The number of carbonyl (C=O) groups excluding carboxylic acids is 2. The third kappa shape index (κ3) is 3.58. The first-order valence-corrected chi connectivity index (χ1v) is 8.45. The van der Waals surface area contributed by atoms with E-state index in [-0.39, 0.29) is 11.9 Å². The molecule has 0 unspecified atom stereocenters. The summed E-state index contributed by atoms with van der Waals surface area (Å²) in [6, 6.07) is 0. The van der Waals surface area contributed by atoms with Gasteiger partial charge in [0.1, 0.15) is 10.4 Å². The first kappa shape index (κ1) is 16.3. The molecule has 1 aromatic heterocycles. The minimum absolute atomic E-state index is 0.297. The number of hydrogen-bond acceptors (Lipinski definition) is 4. The van der Waals surface area contributed by atoms with Crippen LogP contribution in [0.2, 0.25) is 0 Å². The highest BCUT2D eigenvalue weighted by Gasteiger charge is 2.29. The van der Waals surface area contributed by atoms with E-state index in [2.05, 4.69) is 12.2 Å². The molecule has 0 spiro atoms. The Kier molecular flexibility index (Phi) is 5.27. The largest absolute Gasteiger partial charge is 0.462 e. The van der Waals surface area contributed by atoms with E-state index in [9.17, 15) is 9.59 Å². The number of amides is 1. The van der Waals surface area contributed by atoms with Gasteiger partial charge in [0, 0.05) is 4.88 Å². The highest BCUT2D eigenvalue weighted by Crippen LogP contribution is 2.40. The molecule has 1 N–H and O–H groups in total. The summed E-state index contributed by atoms with van der Waals surface area (Å²) in [4.78, 5) is 25.2. The molecule has 0 aliphatic heterocycles. The van der Waals surface area contributed by atoms with Gasteiger partial charge < -0.3 is 10.1 Å². The maximum absolute atomic E-state index is 12.2. The number of esters is 1. The predicted molar refractivity (Wildman–Crippen MR) is 85.4 cm³/mol. The molecule has 0 fully saturated rings. The first-order valence-electron chi connectivity index (χ1n) is 7.20. The quantitative estimate of drug-likeness (QED) is 0.678. The van der Waals surface area contributed by atoms with E-state index < -0.39 is 5.38 Å². The third-order valence-corrected chi connectivity index (χ3v) is 4.96. The van der Waals surface area contributed by atoms with Crippen LogP contribution in [0.5, 0.6) is 0 Å². The molecule has 1 aliphatic rings. The Morgan fingerprint density at radius 2 is 2.24 bits per heavy atom. The number of fused-ring (bicyclic) bond motifs is 1. The molecule has 2 atom stereocenters. The van der Waals surface area contributed by atoms with Crippen molar-refractivity contribution in [1.29, 1.82) is 0 Å². The molecule has 0 saturated heterocycles. The number of carbonyl (C=O) groups is 2. The number of rotatable bonds is 4. The monoisotopic (exact) mass is 329 g/mol. The lowest BCUT2D eigenvalue weighted by Crippen LogP contribution is -2.21. The number of ether oxygens (including phenoxy) is 1. The molecule has 1 heterocycles. The maximum Gasteiger partial charge on any atom is 0.341 e. The van der Waals surface area contributed by atoms with Gasteiger partial charge in [-0.3, -0.25) is 4.79 Å². The molecular formula is C15H20ClNO3S. The molecule has 1 aliphatic carbocycles. The van der Waals surface area contributed by atoms with Gasteiger partial charge in [0.2, 0.25) is 5.91 Å². The van der Waals surface area contributed by atoms with Crippen molar-refractivity contribution < 1.29 is 14.3 Å². The van der Waals surface area contributed by atoms with Crippen LogP contribution in [0.15, 0.2) is 0 Å². The fraction of sp³-hybridized carbons (Fsp3) is 0.600. The lowest BCUT2D eigenvalue weighted by Gasteiger charge is -2.18. The van der Waals surface area contributed by atoms with Gasteiger partial charge in [0.15, 0.2) is 0 Å².